The van der Waals surface area contributed by atoms with E-state index in [0.29, 0.717) is 11.7 Å². The van der Waals surface area contributed by atoms with Gasteiger partial charge in [-0.15, -0.1) is 22.0 Å². The second kappa shape index (κ2) is 10.2. The zero-order chi connectivity index (χ0) is 21.7. The summed E-state index contributed by atoms with van der Waals surface area (Å²) in [4.78, 5) is 13.8. The van der Waals surface area contributed by atoms with E-state index in [9.17, 15) is 4.79 Å². The van der Waals surface area contributed by atoms with Crippen LogP contribution in [0.1, 0.15) is 42.3 Å². The molecule has 1 heterocycles. The minimum Gasteiger partial charge on any atom is -0.325 e. The number of para-hydroxylation sites is 1. The Labute approximate surface area is 187 Å². The molecule has 7 heteroatoms. The van der Waals surface area contributed by atoms with Crippen molar-refractivity contribution in [2.45, 2.75) is 49.4 Å². The molecule has 1 N–H and O–H groups in total. The van der Waals surface area contributed by atoms with Crippen molar-refractivity contribution in [3.63, 3.8) is 0 Å². The number of nitrogens with zero attached hydrogens (tertiary/aromatic N) is 3. The number of hydrogen-bond donors (Lipinski definition) is 1. The van der Waals surface area contributed by atoms with Crippen LogP contribution < -0.4 is 5.32 Å². The first-order valence-corrected chi connectivity index (χ1v) is 11.9. The molecule has 1 amide bonds. The van der Waals surface area contributed by atoms with Gasteiger partial charge in [0.1, 0.15) is 5.82 Å². The van der Waals surface area contributed by atoms with E-state index in [1.807, 2.05) is 30.7 Å². The molecule has 0 spiro atoms. The van der Waals surface area contributed by atoms with E-state index in [0.717, 1.165) is 33.5 Å². The van der Waals surface area contributed by atoms with Gasteiger partial charge in [-0.1, -0.05) is 61.5 Å². The van der Waals surface area contributed by atoms with Crippen LogP contribution in [0.15, 0.2) is 52.5 Å². The Bertz CT molecular complexity index is 1010. The van der Waals surface area contributed by atoms with Gasteiger partial charge in [-0.3, -0.25) is 4.79 Å². The fourth-order valence-corrected chi connectivity index (χ4v) is 4.63. The number of carbonyl (C=O) groups excluding carboxylic acids is 1. The third-order valence-electron chi connectivity index (χ3n) is 4.84. The summed E-state index contributed by atoms with van der Waals surface area (Å²) in [6, 6.07) is 14.6. The van der Waals surface area contributed by atoms with Gasteiger partial charge in [0.25, 0.3) is 0 Å². The Hall–Kier alpha value is -2.25. The van der Waals surface area contributed by atoms with Crippen LogP contribution in [0.2, 0.25) is 0 Å². The van der Waals surface area contributed by atoms with E-state index < -0.39 is 0 Å². The molecule has 5 nitrogen and oxygen atoms in total. The van der Waals surface area contributed by atoms with Crippen molar-refractivity contribution in [1.82, 2.24) is 14.8 Å². The molecule has 0 bridgehead atoms. The van der Waals surface area contributed by atoms with Crippen molar-refractivity contribution in [2.24, 2.45) is 7.05 Å². The maximum Gasteiger partial charge on any atom is 0.234 e. The maximum atomic E-state index is 12.6. The molecule has 0 atom stereocenters. The van der Waals surface area contributed by atoms with Gasteiger partial charge in [0.15, 0.2) is 5.16 Å². The number of hydrogen-bond acceptors (Lipinski definition) is 5. The summed E-state index contributed by atoms with van der Waals surface area (Å²) in [5.74, 6) is 2.24. The van der Waals surface area contributed by atoms with E-state index in [-0.39, 0.29) is 5.91 Å². The van der Waals surface area contributed by atoms with Crippen LogP contribution >= 0.6 is 23.5 Å². The molecule has 0 saturated heterocycles. The van der Waals surface area contributed by atoms with Crippen LogP contribution in [-0.2, 0) is 17.6 Å². The largest absolute Gasteiger partial charge is 0.325 e. The first kappa shape index (κ1) is 22.4. The monoisotopic (exact) mass is 440 g/mol. The van der Waals surface area contributed by atoms with Gasteiger partial charge in [0.2, 0.25) is 5.91 Å². The normalized spacial score (nSPS) is 11.1. The number of benzene rings is 2. The first-order chi connectivity index (χ1) is 14.3. The molecule has 1 aromatic heterocycles. The van der Waals surface area contributed by atoms with Crippen LogP contribution in [0.25, 0.3) is 0 Å². The second-order valence-electron chi connectivity index (χ2n) is 7.59. The lowest BCUT2D eigenvalue weighted by molar-refractivity contribution is -0.113. The van der Waals surface area contributed by atoms with Gasteiger partial charge in [0.05, 0.1) is 11.5 Å². The fraction of sp³-hybridized carbons (Fsp3) is 0.348. The summed E-state index contributed by atoms with van der Waals surface area (Å²) in [7, 11) is 1.95. The lowest BCUT2D eigenvalue weighted by Gasteiger charge is -2.16. The Kier molecular flexibility index (Phi) is 7.61. The second-order valence-corrected chi connectivity index (χ2v) is 9.58. The summed E-state index contributed by atoms with van der Waals surface area (Å²) in [5, 5.41) is 12.4. The number of amides is 1. The standard InChI is InChI=1S/C23H28N4OS2/c1-15(2)19-8-6-7-17(4)22(19)24-21(28)14-30-23-26-25-20(27(23)5)13-29-18-11-9-16(3)10-12-18/h6-12,15H,13-14H2,1-5H3,(H,24,28). The first-order valence-electron chi connectivity index (χ1n) is 9.95. The molecular formula is C23H28N4OS2. The summed E-state index contributed by atoms with van der Waals surface area (Å²) in [5.41, 5.74) is 4.41. The van der Waals surface area contributed by atoms with Crippen LogP contribution in [-0.4, -0.2) is 26.4 Å². The van der Waals surface area contributed by atoms with E-state index in [4.69, 9.17) is 0 Å². The fourth-order valence-electron chi connectivity index (χ4n) is 3.03. The Morgan fingerprint density at radius 1 is 1.07 bits per heavy atom. The molecule has 158 valence electrons. The van der Waals surface area contributed by atoms with E-state index in [1.165, 1.54) is 22.2 Å². The number of anilines is 1. The molecule has 3 aromatic rings. The number of nitrogens with one attached hydrogen (secondary N) is 1. The zero-order valence-electron chi connectivity index (χ0n) is 18.1. The van der Waals surface area contributed by atoms with Gasteiger partial charge in [-0.05, 0) is 43.0 Å². The van der Waals surface area contributed by atoms with Crippen LogP contribution in [0.5, 0.6) is 0 Å². The predicted octanol–water partition coefficient (Wildman–Crippen LogP) is 5.58. The molecule has 0 radical (unpaired) electrons. The molecule has 3 rings (SSSR count). The van der Waals surface area contributed by atoms with Crippen LogP contribution in [0.4, 0.5) is 5.69 Å². The molecule has 0 aliphatic carbocycles. The zero-order valence-corrected chi connectivity index (χ0v) is 19.7. The highest BCUT2D eigenvalue weighted by atomic mass is 32.2. The number of carbonyl (C=O) groups is 1. The quantitative estimate of drug-likeness (QED) is 0.464. The molecule has 0 fully saturated rings. The van der Waals surface area contributed by atoms with Crippen molar-refractivity contribution in [3.8, 4) is 0 Å². The van der Waals surface area contributed by atoms with Gasteiger partial charge in [-0.25, -0.2) is 0 Å². The third-order valence-corrected chi connectivity index (χ3v) is 6.87. The van der Waals surface area contributed by atoms with Crippen molar-refractivity contribution in [1.29, 1.82) is 0 Å². The summed E-state index contributed by atoms with van der Waals surface area (Å²) in [6.45, 7) is 8.37. The van der Waals surface area contributed by atoms with Crippen molar-refractivity contribution in [2.75, 3.05) is 11.1 Å². The summed E-state index contributed by atoms with van der Waals surface area (Å²) in [6.07, 6.45) is 0. The molecule has 0 unspecified atom stereocenters. The Morgan fingerprint density at radius 2 is 1.80 bits per heavy atom. The highest BCUT2D eigenvalue weighted by Crippen LogP contribution is 2.28. The van der Waals surface area contributed by atoms with Gasteiger partial charge < -0.3 is 9.88 Å². The lowest BCUT2D eigenvalue weighted by atomic mass is 9.98. The average molecular weight is 441 g/mol. The Balaban J connectivity index is 1.58. The molecule has 30 heavy (non-hydrogen) atoms. The van der Waals surface area contributed by atoms with Crippen LogP contribution in [0, 0.1) is 13.8 Å². The average Bonchev–Trinajstić information content (AvgIpc) is 3.07. The summed E-state index contributed by atoms with van der Waals surface area (Å²) >= 11 is 3.14. The highest BCUT2D eigenvalue weighted by molar-refractivity contribution is 7.99. The van der Waals surface area contributed by atoms with E-state index in [1.54, 1.807) is 11.8 Å². The molecule has 2 aromatic carbocycles. The number of rotatable bonds is 8. The topological polar surface area (TPSA) is 59.8 Å². The molecular weight excluding hydrogens is 412 g/mol. The smallest absolute Gasteiger partial charge is 0.234 e. The van der Waals surface area contributed by atoms with Gasteiger partial charge in [-0.2, -0.15) is 0 Å². The number of thioether (sulfide) groups is 2. The van der Waals surface area contributed by atoms with Crippen molar-refractivity contribution in [3.05, 3.63) is 65.0 Å². The van der Waals surface area contributed by atoms with E-state index >= 15 is 0 Å². The minimum absolute atomic E-state index is 0.0326. The van der Waals surface area contributed by atoms with Gasteiger partial charge >= 0.3 is 0 Å². The molecule has 0 saturated carbocycles. The lowest BCUT2D eigenvalue weighted by Crippen LogP contribution is -2.17. The number of aryl methyl sites for hydroxylation is 2. The van der Waals surface area contributed by atoms with Crippen LogP contribution in [0.3, 0.4) is 0 Å². The summed E-state index contributed by atoms with van der Waals surface area (Å²) < 4.78 is 1.96. The SMILES string of the molecule is Cc1ccc(SCc2nnc(SCC(=O)Nc3c(C)cccc3C(C)C)n2C)cc1. The molecule has 0 aliphatic heterocycles. The molecule has 0 aliphatic rings. The highest BCUT2D eigenvalue weighted by Gasteiger charge is 2.15. The van der Waals surface area contributed by atoms with Crippen molar-refractivity contribution < 1.29 is 4.79 Å². The minimum atomic E-state index is -0.0326. The van der Waals surface area contributed by atoms with Gasteiger partial charge in [0, 0.05) is 17.6 Å². The number of aromatic nitrogens is 3. The maximum absolute atomic E-state index is 12.6. The van der Waals surface area contributed by atoms with Crippen molar-refractivity contribution >= 4 is 35.1 Å². The van der Waals surface area contributed by atoms with E-state index in [2.05, 4.69) is 66.6 Å². The Morgan fingerprint density at radius 3 is 2.50 bits per heavy atom. The predicted molar refractivity (Wildman–Crippen MR) is 126 cm³/mol. The third kappa shape index (κ3) is 5.67.